The number of benzene rings is 1. The van der Waals surface area contributed by atoms with E-state index >= 15 is 0 Å². The molecular formula is C18H25NO5. The van der Waals surface area contributed by atoms with Gasteiger partial charge in [0.15, 0.2) is 0 Å². The summed E-state index contributed by atoms with van der Waals surface area (Å²) in [5.74, 6) is -0.937. The Kier molecular flexibility index (Phi) is 5.18. The first-order valence-electron chi connectivity index (χ1n) is 8.15. The highest BCUT2D eigenvalue weighted by atomic mass is 16.6. The van der Waals surface area contributed by atoms with E-state index in [0.717, 1.165) is 0 Å². The summed E-state index contributed by atoms with van der Waals surface area (Å²) in [6, 6.07) is 6.89. The topological polar surface area (TPSA) is 95.9 Å². The molecule has 1 amide bonds. The zero-order valence-corrected chi connectivity index (χ0v) is 14.3. The minimum atomic E-state index is -1.11. The van der Waals surface area contributed by atoms with Gasteiger partial charge in [0.25, 0.3) is 0 Å². The third kappa shape index (κ3) is 4.06. The molecule has 6 heteroatoms. The molecule has 2 rings (SSSR count). The molecule has 0 saturated heterocycles. The fraction of sp³-hybridized carbons (Fsp3) is 0.556. The Morgan fingerprint density at radius 3 is 2.33 bits per heavy atom. The van der Waals surface area contributed by atoms with E-state index in [9.17, 15) is 19.8 Å². The van der Waals surface area contributed by atoms with Crippen molar-refractivity contribution in [1.29, 1.82) is 0 Å². The first-order valence-corrected chi connectivity index (χ1v) is 8.15. The number of carboxylic acids is 1. The molecule has 0 bridgehead atoms. The zero-order valence-electron chi connectivity index (χ0n) is 14.3. The minimum Gasteiger partial charge on any atom is -0.481 e. The van der Waals surface area contributed by atoms with E-state index < -0.39 is 29.2 Å². The van der Waals surface area contributed by atoms with Crippen LogP contribution in [0.5, 0.6) is 0 Å². The molecule has 1 aliphatic carbocycles. The van der Waals surface area contributed by atoms with Gasteiger partial charge in [0, 0.05) is 5.69 Å². The van der Waals surface area contributed by atoms with Crippen molar-refractivity contribution in [2.45, 2.75) is 63.6 Å². The molecule has 132 valence electrons. The van der Waals surface area contributed by atoms with E-state index in [1.165, 1.54) is 0 Å². The lowest BCUT2D eigenvalue weighted by molar-refractivity contribution is -0.146. The predicted molar refractivity (Wildman–Crippen MR) is 90.1 cm³/mol. The Balaban J connectivity index is 2.33. The van der Waals surface area contributed by atoms with Gasteiger partial charge in [-0.2, -0.15) is 0 Å². The van der Waals surface area contributed by atoms with Gasteiger partial charge in [-0.3, -0.25) is 10.1 Å². The Hall–Kier alpha value is -2.08. The molecule has 1 fully saturated rings. The van der Waals surface area contributed by atoms with Crippen molar-refractivity contribution in [3.63, 3.8) is 0 Å². The van der Waals surface area contributed by atoms with Crippen molar-refractivity contribution >= 4 is 17.7 Å². The number of carbonyl (C=O) groups excluding carboxylic acids is 1. The Bertz CT molecular complexity index is 612. The summed E-state index contributed by atoms with van der Waals surface area (Å²) in [6.07, 6.45) is 0.419. The lowest BCUT2D eigenvalue weighted by Crippen LogP contribution is -2.41. The first kappa shape index (κ1) is 18.3. The Labute approximate surface area is 141 Å². The van der Waals surface area contributed by atoms with Crippen LogP contribution in [0.4, 0.5) is 10.5 Å². The summed E-state index contributed by atoms with van der Waals surface area (Å²) in [5.41, 5.74) is -0.760. The average molecular weight is 335 g/mol. The first-order chi connectivity index (χ1) is 11.1. The van der Waals surface area contributed by atoms with Gasteiger partial charge in [0.05, 0.1) is 11.5 Å². The Morgan fingerprint density at radius 1 is 1.21 bits per heavy atom. The number of para-hydroxylation sites is 1. The number of aliphatic hydroxyl groups excluding tert-OH is 1. The van der Waals surface area contributed by atoms with Gasteiger partial charge in [-0.1, -0.05) is 18.2 Å². The summed E-state index contributed by atoms with van der Waals surface area (Å²) in [6.45, 7) is 5.29. The van der Waals surface area contributed by atoms with Gasteiger partial charge in [-0.15, -0.1) is 0 Å². The van der Waals surface area contributed by atoms with Gasteiger partial charge in [-0.25, -0.2) is 4.79 Å². The molecule has 0 unspecified atom stereocenters. The largest absolute Gasteiger partial charge is 0.481 e. The normalized spacial score (nSPS) is 24.2. The molecular weight excluding hydrogens is 310 g/mol. The smallest absolute Gasteiger partial charge is 0.412 e. The fourth-order valence-corrected chi connectivity index (χ4v) is 3.12. The molecule has 0 aromatic heterocycles. The van der Waals surface area contributed by atoms with Crippen molar-refractivity contribution in [3.8, 4) is 0 Å². The van der Waals surface area contributed by atoms with E-state index in [1.54, 1.807) is 45.0 Å². The number of hydrogen-bond donors (Lipinski definition) is 3. The number of aliphatic carboxylic acids is 1. The number of carboxylic acid groups (broad SMARTS) is 1. The SMILES string of the molecule is CC(C)(C)OC(=O)Nc1ccccc1C1(C(=O)O)CCC(O)CC1. The van der Waals surface area contributed by atoms with Crippen LogP contribution in [-0.2, 0) is 14.9 Å². The van der Waals surface area contributed by atoms with Crippen molar-refractivity contribution < 1.29 is 24.5 Å². The molecule has 6 nitrogen and oxygen atoms in total. The van der Waals surface area contributed by atoms with Crippen molar-refractivity contribution in [2.75, 3.05) is 5.32 Å². The molecule has 1 aliphatic rings. The number of ether oxygens (including phenoxy) is 1. The maximum atomic E-state index is 12.1. The second kappa shape index (κ2) is 6.81. The van der Waals surface area contributed by atoms with Crippen LogP contribution in [0.2, 0.25) is 0 Å². The van der Waals surface area contributed by atoms with E-state index in [4.69, 9.17) is 4.74 Å². The fourth-order valence-electron chi connectivity index (χ4n) is 3.12. The van der Waals surface area contributed by atoms with Crippen LogP contribution < -0.4 is 5.32 Å². The highest BCUT2D eigenvalue weighted by Crippen LogP contribution is 2.43. The summed E-state index contributed by atoms with van der Waals surface area (Å²) >= 11 is 0. The van der Waals surface area contributed by atoms with Crippen LogP contribution in [0.3, 0.4) is 0 Å². The number of amides is 1. The lowest BCUT2D eigenvalue weighted by atomic mass is 9.68. The van der Waals surface area contributed by atoms with Crippen LogP contribution in [0.15, 0.2) is 24.3 Å². The molecule has 3 N–H and O–H groups in total. The van der Waals surface area contributed by atoms with Crippen LogP contribution >= 0.6 is 0 Å². The van der Waals surface area contributed by atoms with E-state index in [1.807, 2.05) is 0 Å². The van der Waals surface area contributed by atoms with Gasteiger partial charge < -0.3 is 14.9 Å². The molecule has 0 radical (unpaired) electrons. The zero-order chi connectivity index (χ0) is 18.0. The molecule has 0 atom stereocenters. The third-order valence-electron chi connectivity index (χ3n) is 4.30. The highest BCUT2D eigenvalue weighted by Gasteiger charge is 2.44. The minimum absolute atomic E-state index is 0.330. The average Bonchev–Trinajstić information content (AvgIpc) is 2.47. The third-order valence-corrected chi connectivity index (χ3v) is 4.30. The van der Waals surface area contributed by atoms with Crippen molar-refractivity contribution in [1.82, 2.24) is 0 Å². The van der Waals surface area contributed by atoms with Crippen LogP contribution in [0, 0.1) is 0 Å². The maximum absolute atomic E-state index is 12.1. The molecule has 1 aromatic rings. The molecule has 24 heavy (non-hydrogen) atoms. The lowest BCUT2D eigenvalue weighted by Gasteiger charge is -2.36. The van der Waals surface area contributed by atoms with Gasteiger partial charge in [0.2, 0.25) is 0 Å². The maximum Gasteiger partial charge on any atom is 0.412 e. The van der Waals surface area contributed by atoms with E-state index in [-0.39, 0.29) is 0 Å². The van der Waals surface area contributed by atoms with Crippen molar-refractivity contribution in [3.05, 3.63) is 29.8 Å². The van der Waals surface area contributed by atoms with Crippen molar-refractivity contribution in [2.24, 2.45) is 0 Å². The molecule has 0 heterocycles. The molecule has 0 spiro atoms. The van der Waals surface area contributed by atoms with Crippen LogP contribution in [-0.4, -0.2) is 34.0 Å². The number of hydrogen-bond acceptors (Lipinski definition) is 4. The van der Waals surface area contributed by atoms with Crippen LogP contribution in [0.1, 0.15) is 52.0 Å². The highest BCUT2D eigenvalue weighted by molar-refractivity contribution is 5.90. The summed E-state index contributed by atoms with van der Waals surface area (Å²) in [4.78, 5) is 24.1. The summed E-state index contributed by atoms with van der Waals surface area (Å²) in [5, 5.41) is 22.2. The summed E-state index contributed by atoms with van der Waals surface area (Å²) in [7, 11) is 0. The predicted octanol–water partition coefficient (Wildman–Crippen LogP) is 3.29. The second-order valence-corrected chi connectivity index (χ2v) is 7.29. The monoisotopic (exact) mass is 335 g/mol. The van der Waals surface area contributed by atoms with Gasteiger partial charge in [0.1, 0.15) is 5.60 Å². The van der Waals surface area contributed by atoms with Gasteiger partial charge >= 0.3 is 12.1 Å². The van der Waals surface area contributed by atoms with Gasteiger partial charge in [-0.05, 0) is 58.1 Å². The molecule has 1 saturated carbocycles. The van der Waals surface area contributed by atoms with E-state index in [2.05, 4.69) is 5.32 Å². The van der Waals surface area contributed by atoms with E-state index in [0.29, 0.717) is 36.9 Å². The number of rotatable bonds is 3. The Morgan fingerprint density at radius 2 is 1.79 bits per heavy atom. The van der Waals surface area contributed by atoms with Crippen LogP contribution in [0.25, 0.3) is 0 Å². The standard InChI is InChI=1S/C18H25NO5/c1-17(2,3)24-16(23)19-14-7-5-4-6-13(14)18(15(21)22)10-8-12(20)9-11-18/h4-7,12,20H,8-11H2,1-3H3,(H,19,23)(H,21,22). The quantitative estimate of drug-likeness (QED) is 0.788. The number of anilines is 1. The second-order valence-electron chi connectivity index (χ2n) is 7.29. The molecule has 1 aromatic carbocycles. The number of nitrogens with one attached hydrogen (secondary N) is 1. The number of carbonyl (C=O) groups is 2. The summed E-state index contributed by atoms with van der Waals surface area (Å²) < 4.78 is 5.26. The molecule has 0 aliphatic heterocycles. The number of aliphatic hydroxyl groups is 1.